The van der Waals surface area contributed by atoms with Crippen LogP contribution in [0, 0.1) is 6.92 Å². The number of hydrogen-bond acceptors (Lipinski definition) is 1. The first-order chi connectivity index (χ1) is 12.8. The first-order valence-electron chi connectivity index (χ1n) is 9.52. The highest BCUT2D eigenvalue weighted by atomic mass is 32.2. The van der Waals surface area contributed by atoms with Gasteiger partial charge in [0.25, 0.3) is 0 Å². The third-order valence-electron chi connectivity index (χ3n) is 5.80. The van der Waals surface area contributed by atoms with Gasteiger partial charge in [-0.05, 0) is 51.8 Å². The summed E-state index contributed by atoms with van der Waals surface area (Å²) in [6, 6.07) is 18.2. The van der Waals surface area contributed by atoms with Crippen molar-refractivity contribution in [3.63, 3.8) is 0 Å². The van der Waals surface area contributed by atoms with Gasteiger partial charge in [-0.3, -0.25) is 0 Å². The Morgan fingerprint density at radius 1 is 0.889 bits per heavy atom. The molecule has 4 aromatic rings. The van der Waals surface area contributed by atoms with Crippen LogP contribution in [0.5, 0.6) is 0 Å². The third kappa shape index (κ3) is 2.43. The fourth-order valence-corrected chi connectivity index (χ4v) is 5.55. The van der Waals surface area contributed by atoms with Gasteiger partial charge in [-0.2, -0.15) is 0 Å². The van der Waals surface area contributed by atoms with Gasteiger partial charge in [-0.1, -0.05) is 62.9 Å². The Morgan fingerprint density at radius 2 is 1.67 bits per heavy atom. The minimum Gasteiger partial charge on any atom is -0.200 e. The minimum atomic E-state index is 0.142. The average Bonchev–Trinajstić information content (AvgIpc) is 2.63. The number of aromatic nitrogens is 1. The van der Waals surface area contributed by atoms with Gasteiger partial charge in [0, 0.05) is 15.9 Å². The fraction of sp³-hybridized carbons (Fsp3) is 0.240. The molecule has 0 bridgehead atoms. The number of aryl methyl sites for hydroxylation is 2. The molecule has 5 rings (SSSR count). The molecular formula is C25H24NS+. The molecule has 3 aromatic carbocycles. The van der Waals surface area contributed by atoms with E-state index in [0.29, 0.717) is 0 Å². The maximum Gasteiger partial charge on any atom is 0.222 e. The summed E-state index contributed by atoms with van der Waals surface area (Å²) in [4.78, 5) is 2.75. The first-order valence-corrected chi connectivity index (χ1v) is 10.3. The van der Waals surface area contributed by atoms with Crippen molar-refractivity contribution in [2.24, 2.45) is 7.05 Å². The van der Waals surface area contributed by atoms with Crippen molar-refractivity contribution in [1.29, 1.82) is 0 Å². The monoisotopic (exact) mass is 370 g/mol. The van der Waals surface area contributed by atoms with Crippen molar-refractivity contribution in [3.8, 4) is 11.3 Å². The molecule has 0 amide bonds. The molecule has 0 spiro atoms. The van der Waals surface area contributed by atoms with E-state index in [0.717, 1.165) is 0 Å². The predicted molar refractivity (Wildman–Crippen MR) is 116 cm³/mol. The molecule has 2 heterocycles. The summed E-state index contributed by atoms with van der Waals surface area (Å²) in [6.07, 6.45) is 2.21. The van der Waals surface area contributed by atoms with E-state index in [2.05, 4.69) is 94.0 Å². The highest BCUT2D eigenvalue weighted by molar-refractivity contribution is 7.99. The Bertz CT molecular complexity index is 1250. The van der Waals surface area contributed by atoms with E-state index in [1.807, 2.05) is 11.8 Å². The zero-order valence-electron chi connectivity index (χ0n) is 16.6. The summed E-state index contributed by atoms with van der Waals surface area (Å²) in [5.41, 5.74) is 5.66. The largest absolute Gasteiger partial charge is 0.222 e. The second-order valence-corrected chi connectivity index (χ2v) is 9.75. The molecule has 0 atom stereocenters. The summed E-state index contributed by atoms with van der Waals surface area (Å²) in [7, 11) is 2.17. The van der Waals surface area contributed by atoms with Gasteiger partial charge in [-0.25, -0.2) is 4.57 Å². The predicted octanol–water partition coefficient (Wildman–Crippen LogP) is 6.56. The molecule has 1 nitrogen and oxygen atoms in total. The Labute approximate surface area is 165 Å². The van der Waals surface area contributed by atoms with Crippen LogP contribution < -0.4 is 4.57 Å². The van der Waals surface area contributed by atoms with Crippen LogP contribution in [0.15, 0.2) is 64.5 Å². The lowest BCUT2D eigenvalue weighted by Gasteiger charge is -2.25. The minimum absolute atomic E-state index is 0.142. The summed E-state index contributed by atoms with van der Waals surface area (Å²) in [6.45, 7) is 9.16. The molecule has 1 aliphatic heterocycles. The van der Waals surface area contributed by atoms with Crippen LogP contribution in [0.4, 0.5) is 0 Å². The lowest BCUT2D eigenvalue weighted by molar-refractivity contribution is -0.659. The molecule has 0 fully saturated rings. The van der Waals surface area contributed by atoms with E-state index in [4.69, 9.17) is 0 Å². The zero-order chi connectivity index (χ0) is 18.9. The summed E-state index contributed by atoms with van der Waals surface area (Å²) in [5, 5.41) is 5.41. The van der Waals surface area contributed by atoms with Gasteiger partial charge in [0.05, 0.1) is 10.9 Å². The molecule has 0 unspecified atom stereocenters. The molecule has 0 saturated carbocycles. The molecule has 27 heavy (non-hydrogen) atoms. The maximum atomic E-state index is 2.41. The van der Waals surface area contributed by atoms with Gasteiger partial charge in [0.1, 0.15) is 7.05 Å². The summed E-state index contributed by atoms with van der Waals surface area (Å²) < 4.78 is 2.29. The van der Waals surface area contributed by atoms with Crippen LogP contribution in [0.1, 0.15) is 31.9 Å². The third-order valence-corrected chi connectivity index (χ3v) is 6.88. The number of fused-ring (bicyclic) bond motifs is 3. The molecular weight excluding hydrogens is 346 g/mol. The van der Waals surface area contributed by atoms with Crippen LogP contribution >= 0.6 is 11.8 Å². The molecule has 1 aliphatic rings. The maximum absolute atomic E-state index is 2.41. The highest BCUT2D eigenvalue weighted by Gasteiger charge is 2.30. The van der Waals surface area contributed by atoms with E-state index in [9.17, 15) is 0 Å². The fourth-order valence-electron chi connectivity index (χ4n) is 4.27. The van der Waals surface area contributed by atoms with E-state index < -0.39 is 0 Å². The van der Waals surface area contributed by atoms with Crippen molar-refractivity contribution in [3.05, 3.63) is 65.9 Å². The van der Waals surface area contributed by atoms with Crippen LogP contribution in [-0.4, -0.2) is 0 Å². The number of hydrogen-bond donors (Lipinski definition) is 0. The van der Waals surface area contributed by atoms with Crippen LogP contribution in [0.2, 0.25) is 0 Å². The van der Waals surface area contributed by atoms with Gasteiger partial charge < -0.3 is 0 Å². The van der Waals surface area contributed by atoms with Crippen molar-refractivity contribution in [2.45, 2.75) is 42.9 Å². The summed E-state index contributed by atoms with van der Waals surface area (Å²) in [5.74, 6) is 0. The topological polar surface area (TPSA) is 3.88 Å². The quantitative estimate of drug-likeness (QED) is 0.279. The first kappa shape index (κ1) is 16.8. The van der Waals surface area contributed by atoms with Crippen molar-refractivity contribution < 1.29 is 4.57 Å². The highest BCUT2D eigenvalue weighted by Crippen LogP contribution is 2.50. The Balaban J connectivity index is 1.94. The number of pyridine rings is 1. The van der Waals surface area contributed by atoms with E-state index in [1.54, 1.807) is 0 Å². The molecule has 0 aliphatic carbocycles. The standard InChI is InChI=1S/C25H24NS/c1-15-19-9-7-6-8-16(19)13-20-22(15)24-23-17(10-11-26(24)5)12-18(25(2,3)4)14-21(23)27-20/h6-14H,1-5H3/q+1. The van der Waals surface area contributed by atoms with Crippen LogP contribution in [-0.2, 0) is 12.5 Å². The van der Waals surface area contributed by atoms with Crippen LogP contribution in [0.25, 0.3) is 32.8 Å². The van der Waals surface area contributed by atoms with Crippen molar-refractivity contribution in [2.75, 3.05) is 0 Å². The average molecular weight is 371 g/mol. The van der Waals surface area contributed by atoms with Crippen molar-refractivity contribution in [1.82, 2.24) is 0 Å². The van der Waals surface area contributed by atoms with E-state index in [1.165, 1.54) is 53.7 Å². The lowest BCUT2D eigenvalue weighted by atomic mass is 9.85. The molecule has 0 saturated heterocycles. The molecule has 2 heteroatoms. The second-order valence-electron chi connectivity index (χ2n) is 8.66. The Kier molecular flexibility index (Phi) is 3.48. The molecule has 1 aromatic heterocycles. The smallest absolute Gasteiger partial charge is 0.200 e. The van der Waals surface area contributed by atoms with Gasteiger partial charge in [0.15, 0.2) is 6.20 Å². The molecule has 0 N–H and O–H groups in total. The number of benzene rings is 3. The second kappa shape index (κ2) is 5.59. The normalized spacial score (nSPS) is 13.2. The lowest BCUT2D eigenvalue weighted by Crippen LogP contribution is -2.31. The number of nitrogens with zero attached hydrogens (tertiary/aromatic N) is 1. The molecule has 0 radical (unpaired) electrons. The number of rotatable bonds is 0. The van der Waals surface area contributed by atoms with E-state index in [-0.39, 0.29) is 5.41 Å². The Hall–Kier alpha value is -2.32. The SMILES string of the molecule is Cc1c2c(cc3ccccc13)Sc1cc(C(C)(C)C)cc3cc[n+](C)c-2c13. The van der Waals surface area contributed by atoms with Gasteiger partial charge >= 0.3 is 0 Å². The van der Waals surface area contributed by atoms with Gasteiger partial charge in [-0.15, -0.1) is 0 Å². The van der Waals surface area contributed by atoms with Crippen LogP contribution in [0.3, 0.4) is 0 Å². The Morgan fingerprint density at radius 3 is 2.44 bits per heavy atom. The molecule has 134 valence electrons. The zero-order valence-corrected chi connectivity index (χ0v) is 17.4. The summed E-state index contributed by atoms with van der Waals surface area (Å²) >= 11 is 1.93. The van der Waals surface area contributed by atoms with Gasteiger partial charge in [0.2, 0.25) is 5.69 Å². The van der Waals surface area contributed by atoms with E-state index >= 15 is 0 Å². The van der Waals surface area contributed by atoms with Crippen molar-refractivity contribution >= 4 is 33.3 Å².